The molecule has 1 aliphatic heterocycles. The minimum absolute atomic E-state index is 0.343. The lowest BCUT2D eigenvalue weighted by atomic mass is 10.2. The number of rotatable bonds is 0. The summed E-state index contributed by atoms with van der Waals surface area (Å²) < 4.78 is 18.2. The van der Waals surface area contributed by atoms with E-state index in [2.05, 4.69) is 10.3 Å². The zero-order valence-corrected chi connectivity index (χ0v) is 6.51. The third kappa shape index (κ3) is 1.25. The topological polar surface area (TPSA) is 34.1 Å². The predicted molar refractivity (Wildman–Crippen MR) is 41.4 cm³/mol. The molecule has 12 heavy (non-hydrogen) atoms. The Morgan fingerprint density at radius 3 is 3.33 bits per heavy atom. The van der Waals surface area contributed by atoms with Gasteiger partial charge in [0.1, 0.15) is 6.61 Å². The van der Waals surface area contributed by atoms with Crippen molar-refractivity contribution in [3.63, 3.8) is 0 Å². The van der Waals surface area contributed by atoms with Crippen LogP contribution in [0.15, 0.2) is 12.4 Å². The molecule has 1 N–H and O–H groups in total. The van der Waals surface area contributed by atoms with Gasteiger partial charge in [-0.3, -0.25) is 4.98 Å². The molecule has 0 radical (unpaired) electrons. The van der Waals surface area contributed by atoms with Crippen LogP contribution in [0.2, 0.25) is 0 Å². The van der Waals surface area contributed by atoms with Gasteiger partial charge in [-0.1, -0.05) is 0 Å². The Kier molecular flexibility index (Phi) is 1.91. The molecule has 0 saturated carbocycles. The lowest BCUT2D eigenvalue weighted by Crippen LogP contribution is -2.16. The monoisotopic (exact) mass is 168 g/mol. The number of halogens is 1. The molecule has 0 aliphatic carbocycles. The molecule has 4 heteroatoms. The van der Waals surface area contributed by atoms with Crippen molar-refractivity contribution >= 4 is 0 Å². The fourth-order valence-electron chi connectivity index (χ4n) is 1.20. The number of aromatic nitrogens is 1. The standard InChI is InChI=1S/C8H9FN2O/c9-7-5-11-4-6-3-10-1-2-12-8(6)7/h4-5,10H,1-3H2. The zero-order valence-electron chi connectivity index (χ0n) is 6.51. The van der Waals surface area contributed by atoms with Crippen LogP contribution < -0.4 is 10.1 Å². The van der Waals surface area contributed by atoms with E-state index in [1.54, 1.807) is 6.20 Å². The predicted octanol–water partition coefficient (Wildman–Crippen LogP) is 0.703. The first kappa shape index (κ1) is 7.49. The molecule has 0 spiro atoms. The van der Waals surface area contributed by atoms with Crippen LogP contribution in [0, 0.1) is 5.82 Å². The second-order valence-electron chi connectivity index (χ2n) is 2.63. The minimum Gasteiger partial charge on any atom is -0.489 e. The molecule has 0 fully saturated rings. The van der Waals surface area contributed by atoms with Gasteiger partial charge in [-0.15, -0.1) is 0 Å². The van der Waals surface area contributed by atoms with Crippen molar-refractivity contribution in [3.05, 3.63) is 23.8 Å². The Hall–Kier alpha value is -1.16. The summed E-state index contributed by atoms with van der Waals surface area (Å²) >= 11 is 0. The SMILES string of the molecule is Fc1cncc2c1OCCNC2. The minimum atomic E-state index is -0.379. The van der Waals surface area contributed by atoms with Crippen LogP contribution in [-0.4, -0.2) is 18.1 Å². The molecule has 0 saturated heterocycles. The third-order valence-electron chi connectivity index (χ3n) is 1.77. The van der Waals surface area contributed by atoms with Crippen LogP contribution in [-0.2, 0) is 6.54 Å². The van der Waals surface area contributed by atoms with E-state index in [4.69, 9.17) is 4.74 Å². The summed E-state index contributed by atoms with van der Waals surface area (Å²) in [6.45, 7) is 1.88. The molecule has 0 aromatic carbocycles. The Bertz CT molecular complexity index is 290. The number of hydrogen-bond donors (Lipinski definition) is 1. The Balaban J connectivity index is 2.42. The highest BCUT2D eigenvalue weighted by Gasteiger charge is 2.12. The van der Waals surface area contributed by atoms with Crippen LogP contribution in [0.3, 0.4) is 0 Å². The number of hydrogen-bond acceptors (Lipinski definition) is 3. The van der Waals surface area contributed by atoms with Crippen molar-refractivity contribution in [3.8, 4) is 5.75 Å². The molecule has 1 aromatic heterocycles. The second-order valence-corrected chi connectivity index (χ2v) is 2.63. The Morgan fingerprint density at radius 1 is 1.50 bits per heavy atom. The highest BCUT2D eigenvalue weighted by molar-refractivity contribution is 5.32. The van der Waals surface area contributed by atoms with Crippen molar-refractivity contribution < 1.29 is 9.13 Å². The molecule has 2 heterocycles. The molecule has 64 valence electrons. The van der Waals surface area contributed by atoms with Crippen LogP contribution in [0.4, 0.5) is 4.39 Å². The van der Waals surface area contributed by atoms with Gasteiger partial charge in [0.15, 0.2) is 11.6 Å². The summed E-state index contributed by atoms with van der Waals surface area (Å²) in [4.78, 5) is 3.74. The van der Waals surface area contributed by atoms with Crippen molar-refractivity contribution in [2.45, 2.75) is 6.54 Å². The van der Waals surface area contributed by atoms with E-state index in [1.807, 2.05) is 0 Å². The smallest absolute Gasteiger partial charge is 0.183 e. The highest BCUT2D eigenvalue weighted by Crippen LogP contribution is 2.22. The molecule has 0 unspecified atom stereocenters. The average Bonchev–Trinajstić information content (AvgIpc) is 2.30. The first-order chi connectivity index (χ1) is 5.88. The van der Waals surface area contributed by atoms with Gasteiger partial charge in [-0.2, -0.15) is 0 Å². The number of fused-ring (bicyclic) bond motifs is 1. The first-order valence-electron chi connectivity index (χ1n) is 3.84. The summed E-state index contributed by atoms with van der Waals surface area (Å²) in [7, 11) is 0. The normalized spacial score (nSPS) is 16.1. The van der Waals surface area contributed by atoms with Gasteiger partial charge >= 0.3 is 0 Å². The van der Waals surface area contributed by atoms with Crippen LogP contribution in [0.25, 0.3) is 0 Å². The van der Waals surface area contributed by atoms with Gasteiger partial charge < -0.3 is 10.1 Å². The largest absolute Gasteiger partial charge is 0.489 e. The maximum Gasteiger partial charge on any atom is 0.183 e. The van der Waals surface area contributed by atoms with Gasteiger partial charge in [0, 0.05) is 24.8 Å². The zero-order chi connectivity index (χ0) is 8.39. The lowest BCUT2D eigenvalue weighted by molar-refractivity contribution is 0.309. The quantitative estimate of drug-likeness (QED) is 0.619. The molecule has 2 rings (SSSR count). The number of nitrogens with one attached hydrogen (secondary N) is 1. The molecular formula is C8H9FN2O. The molecule has 3 nitrogen and oxygen atoms in total. The number of pyridine rings is 1. The van der Waals surface area contributed by atoms with Gasteiger partial charge in [-0.25, -0.2) is 4.39 Å². The van der Waals surface area contributed by atoms with Gasteiger partial charge in [0.05, 0.1) is 6.20 Å². The van der Waals surface area contributed by atoms with Gasteiger partial charge in [0.2, 0.25) is 0 Å². The van der Waals surface area contributed by atoms with Crippen molar-refractivity contribution in [2.24, 2.45) is 0 Å². The maximum absolute atomic E-state index is 13.0. The summed E-state index contributed by atoms with van der Waals surface area (Å²) in [5.74, 6) is -0.0359. The van der Waals surface area contributed by atoms with Crippen molar-refractivity contribution in [1.29, 1.82) is 0 Å². The van der Waals surface area contributed by atoms with E-state index in [-0.39, 0.29) is 5.82 Å². The summed E-state index contributed by atoms with van der Waals surface area (Å²) in [6, 6.07) is 0. The van der Waals surface area contributed by atoms with E-state index >= 15 is 0 Å². The van der Waals surface area contributed by atoms with E-state index in [0.29, 0.717) is 18.9 Å². The Morgan fingerprint density at radius 2 is 2.42 bits per heavy atom. The number of ether oxygens (including phenoxy) is 1. The fraction of sp³-hybridized carbons (Fsp3) is 0.375. The lowest BCUT2D eigenvalue weighted by Gasteiger charge is -2.05. The maximum atomic E-state index is 13.0. The molecule has 0 bridgehead atoms. The van der Waals surface area contributed by atoms with Crippen LogP contribution in [0.5, 0.6) is 5.75 Å². The Labute approximate surface area is 69.6 Å². The van der Waals surface area contributed by atoms with E-state index in [1.165, 1.54) is 6.20 Å². The summed E-state index contributed by atoms with van der Waals surface area (Å²) in [5.41, 5.74) is 0.785. The molecule has 0 atom stereocenters. The van der Waals surface area contributed by atoms with Gasteiger partial charge in [0.25, 0.3) is 0 Å². The fourth-order valence-corrected chi connectivity index (χ4v) is 1.20. The van der Waals surface area contributed by atoms with E-state index in [0.717, 1.165) is 12.1 Å². The molecular weight excluding hydrogens is 159 g/mol. The number of nitrogens with zero attached hydrogens (tertiary/aromatic N) is 1. The van der Waals surface area contributed by atoms with E-state index < -0.39 is 0 Å². The highest BCUT2D eigenvalue weighted by atomic mass is 19.1. The first-order valence-corrected chi connectivity index (χ1v) is 3.84. The third-order valence-corrected chi connectivity index (χ3v) is 1.77. The average molecular weight is 168 g/mol. The van der Waals surface area contributed by atoms with Crippen molar-refractivity contribution in [2.75, 3.05) is 13.2 Å². The van der Waals surface area contributed by atoms with Crippen LogP contribution in [0.1, 0.15) is 5.56 Å². The molecule has 1 aliphatic rings. The van der Waals surface area contributed by atoms with E-state index in [9.17, 15) is 4.39 Å². The summed E-state index contributed by atoms with van der Waals surface area (Å²) in [6.07, 6.45) is 2.79. The summed E-state index contributed by atoms with van der Waals surface area (Å²) in [5, 5.41) is 3.10. The van der Waals surface area contributed by atoms with Crippen molar-refractivity contribution in [1.82, 2.24) is 10.3 Å². The second kappa shape index (κ2) is 3.06. The van der Waals surface area contributed by atoms with Gasteiger partial charge in [-0.05, 0) is 0 Å². The molecule has 0 amide bonds. The van der Waals surface area contributed by atoms with Crippen LogP contribution >= 0.6 is 0 Å². The molecule has 1 aromatic rings.